The molecule has 1 heterocycles. The molecule has 1 amide bonds. The number of allylic oxidation sites excluding steroid dienone is 1. The molecule has 0 N–H and O–H groups in total. The first-order chi connectivity index (χ1) is 4.77. The molecule has 0 saturated carbocycles. The Bertz CT molecular complexity index is 220. The van der Waals surface area contributed by atoms with Crippen molar-refractivity contribution in [2.75, 3.05) is 6.26 Å². The minimum Gasteiger partial charge on any atom is -0.266 e. The summed E-state index contributed by atoms with van der Waals surface area (Å²) in [5.41, 5.74) is 0. The van der Waals surface area contributed by atoms with E-state index in [4.69, 9.17) is 0 Å². The van der Waals surface area contributed by atoms with Crippen molar-refractivity contribution in [3.63, 3.8) is 0 Å². The summed E-state index contributed by atoms with van der Waals surface area (Å²) >= 11 is 2.95. The fourth-order valence-corrected chi connectivity index (χ4v) is 1.91. The van der Waals surface area contributed by atoms with Crippen molar-refractivity contribution in [1.29, 1.82) is 0 Å². The number of thioether (sulfide) groups is 2. The molecular formula is C6H7NOS2. The molecule has 0 aromatic rings. The van der Waals surface area contributed by atoms with Crippen molar-refractivity contribution >= 4 is 33.8 Å². The molecule has 4 heteroatoms. The Morgan fingerprint density at radius 3 is 2.70 bits per heavy atom. The Balaban J connectivity index is 2.76. The molecular weight excluding hydrogens is 166 g/mol. The van der Waals surface area contributed by atoms with Crippen LogP contribution in [0.4, 0.5) is 0 Å². The first-order valence-corrected chi connectivity index (χ1v) is 4.83. The number of nitrogens with zero attached hydrogens (tertiary/aromatic N) is 1. The molecule has 0 aromatic carbocycles. The average Bonchev–Trinajstić information content (AvgIpc) is 2.30. The molecule has 1 aliphatic rings. The summed E-state index contributed by atoms with van der Waals surface area (Å²) < 4.78 is 0.845. The van der Waals surface area contributed by atoms with Crippen molar-refractivity contribution < 1.29 is 4.79 Å². The van der Waals surface area contributed by atoms with Crippen LogP contribution in [-0.2, 0) is 4.79 Å². The van der Waals surface area contributed by atoms with Gasteiger partial charge in [-0.15, -0.1) is 11.8 Å². The first kappa shape index (κ1) is 7.88. The highest BCUT2D eigenvalue weighted by Gasteiger charge is 2.19. The highest BCUT2D eigenvalue weighted by Crippen LogP contribution is 2.30. The third kappa shape index (κ3) is 1.44. The molecule has 0 atom stereocenters. The Hall–Kier alpha value is -0.220. The number of rotatable bonds is 0. The predicted octanol–water partition coefficient (Wildman–Crippen LogP) is 1.88. The zero-order chi connectivity index (χ0) is 7.56. The summed E-state index contributed by atoms with van der Waals surface area (Å²) in [6.07, 6.45) is 3.71. The minimum atomic E-state index is -0.100. The Morgan fingerprint density at radius 1 is 1.70 bits per heavy atom. The van der Waals surface area contributed by atoms with E-state index in [1.165, 1.54) is 23.5 Å². The maximum absolute atomic E-state index is 10.9. The van der Waals surface area contributed by atoms with E-state index in [-0.39, 0.29) is 5.91 Å². The molecule has 0 fully saturated rings. The monoisotopic (exact) mass is 173 g/mol. The van der Waals surface area contributed by atoms with Gasteiger partial charge < -0.3 is 0 Å². The van der Waals surface area contributed by atoms with Gasteiger partial charge in [-0.25, -0.2) is 0 Å². The van der Waals surface area contributed by atoms with Crippen LogP contribution in [0, 0.1) is 0 Å². The second-order valence-electron chi connectivity index (χ2n) is 1.64. The van der Waals surface area contributed by atoms with Crippen molar-refractivity contribution in [3.05, 3.63) is 11.0 Å². The van der Waals surface area contributed by atoms with E-state index in [0.29, 0.717) is 0 Å². The lowest BCUT2D eigenvalue weighted by Crippen LogP contribution is -1.85. The standard InChI is InChI=1S/C6H7NOS2/c1-3-4-5(8)7-6(9-2)10-4/h3H,1-2H3. The molecule has 0 aromatic heterocycles. The predicted molar refractivity (Wildman–Crippen MR) is 47.3 cm³/mol. The smallest absolute Gasteiger partial charge is 0.266 e. The summed E-state index contributed by atoms with van der Waals surface area (Å²) in [7, 11) is 0. The minimum absolute atomic E-state index is 0.100. The van der Waals surface area contributed by atoms with Gasteiger partial charge in [-0.05, 0) is 13.2 Å². The van der Waals surface area contributed by atoms with Crippen molar-refractivity contribution in [2.45, 2.75) is 6.92 Å². The fourth-order valence-electron chi connectivity index (χ4n) is 0.568. The lowest BCUT2D eigenvalue weighted by molar-refractivity contribution is -0.113. The summed E-state index contributed by atoms with van der Waals surface area (Å²) in [6.45, 7) is 1.85. The van der Waals surface area contributed by atoms with Gasteiger partial charge >= 0.3 is 0 Å². The lowest BCUT2D eigenvalue weighted by Gasteiger charge is -1.88. The third-order valence-corrected chi connectivity index (χ3v) is 3.12. The van der Waals surface area contributed by atoms with Crippen LogP contribution in [-0.4, -0.2) is 16.5 Å². The fraction of sp³-hybridized carbons (Fsp3) is 0.333. The van der Waals surface area contributed by atoms with Gasteiger partial charge in [0.2, 0.25) is 0 Å². The van der Waals surface area contributed by atoms with Gasteiger partial charge in [-0.2, -0.15) is 4.99 Å². The van der Waals surface area contributed by atoms with Gasteiger partial charge in [0.25, 0.3) is 5.91 Å². The molecule has 0 aliphatic carbocycles. The molecule has 2 nitrogen and oxygen atoms in total. The maximum atomic E-state index is 10.9. The number of hydrogen-bond donors (Lipinski definition) is 0. The van der Waals surface area contributed by atoms with Crippen molar-refractivity contribution in [3.8, 4) is 0 Å². The summed E-state index contributed by atoms with van der Waals surface area (Å²) in [4.78, 5) is 15.4. The molecule has 0 spiro atoms. The van der Waals surface area contributed by atoms with E-state index in [2.05, 4.69) is 4.99 Å². The highest BCUT2D eigenvalue weighted by atomic mass is 32.2. The second-order valence-corrected chi connectivity index (χ2v) is 3.73. The molecule has 0 radical (unpaired) electrons. The number of carbonyl (C=O) groups excluding carboxylic acids is 1. The van der Waals surface area contributed by atoms with Gasteiger partial charge in [0, 0.05) is 0 Å². The van der Waals surface area contributed by atoms with E-state index in [0.717, 1.165) is 9.28 Å². The van der Waals surface area contributed by atoms with Crippen LogP contribution >= 0.6 is 23.5 Å². The molecule has 10 heavy (non-hydrogen) atoms. The zero-order valence-corrected chi connectivity index (χ0v) is 7.38. The first-order valence-electron chi connectivity index (χ1n) is 2.79. The Kier molecular flexibility index (Phi) is 2.56. The van der Waals surface area contributed by atoms with Gasteiger partial charge in [-0.1, -0.05) is 17.8 Å². The quantitative estimate of drug-likeness (QED) is 0.524. The van der Waals surface area contributed by atoms with Crippen LogP contribution in [0.25, 0.3) is 0 Å². The maximum Gasteiger partial charge on any atom is 0.285 e. The van der Waals surface area contributed by atoms with E-state index in [9.17, 15) is 4.79 Å². The lowest BCUT2D eigenvalue weighted by atomic mass is 10.5. The Labute approximate surface area is 68.2 Å². The Morgan fingerprint density at radius 2 is 2.40 bits per heavy atom. The topological polar surface area (TPSA) is 29.4 Å². The number of carbonyl (C=O) groups is 1. The van der Waals surface area contributed by atoms with Crippen LogP contribution in [0.1, 0.15) is 6.92 Å². The van der Waals surface area contributed by atoms with Gasteiger partial charge in [-0.3, -0.25) is 4.79 Å². The molecule has 1 rings (SSSR count). The molecule has 0 saturated heterocycles. The van der Waals surface area contributed by atoms with Crippen LogP contribution in [0.5, 0.6) is 0 Å². The normalized spacial score (nSPS) is 22.0. The van der Waals surface area contributed by atoms with Gasteiger partial charge in [0.05, 0.1) is 4.91 Å². The number of hydrogen-bond acceptors (Lipinski definition) is 3. The highest BCUT2D eigenvalue weighted by molar-refractivity contribution is 8.40. The van der Waals surface area contributed by atoms with Crippen LogP contribution in [0.15, 0.2) is 16.0 Å². The number of amides is 1. The second kappa shape index (κ2) is 3.25. The van der Waals surface area contributed by atoms with Crippen LogP contribution in [0.2, 0.25) is 0 Å². The van der Waals surface area contributed by atoms with Crippen molar-refractivity contribution in [2.24, 2.45) is 4.99 Å². The molecule has 54 valence electrons. The summed E-state index contributed by atoms with van der Waals surface area (Å²) in [5.74, 6) is -0.100. The van der Waals surface area contributed by atoms with E-state index in [1.54, 1.807) is 6.08 Å². The number of aliphatic imine (C=N–C) groups is 1. The molecule has 0 bridgehead atoms. The summed E-state index contributed by atoms with van der Waals surface area (Å²) in [5, 5.41) is 0. The molecule has 0 unspecified atom stereocenters. The zero-order valence-electron chi connectivity index (χ0n) is 5.75. The largest absolute Gasteiger partial charge is 0.285 e. The SMILES string of the molecule is CC=C1SC(SC)=NC1=O. The van der Waals surface area contributed by atoms with Crippen LogP contribution < -0.4 is 0 Å². The third-order valence-electron chi connectivity index (χ3n) is 1.04. The molecule has 1 aliphatic heterocycles. The van der Waals surface area contributed by atoms with Gasteiger partial charge in [0.1, 0.15) is 4.38 Å². The van der Waals surface area contributed by atoms with E-state index >= 15 is 0 Å². The van der Waals surface area contributed by atoms with E-state index in [1.807, 2.05) is 13.2 Å². The summed E-state index contributed by atoms with van der Waals surface area (Å²) in [6, 6.07) is 0. The average molecular weight is 173 g/mol. The van der Waals surface area contributed by atoms with E-state index < -0.39 is 0 Å². The van der Waals surface area contributed by atoms with Crippen molar-refractivity contribution in [1.82, 2.24) is 0 Å². The van der Waals surface area contributed by atoms with Gasteiger partial charge in [0.15, 0.2) is 0 Å². The van der Waals surface area contributed by atoms with Crippen LogP contribution in [0.3, 0.4) is 0 Å².